The summed E-state index contributed by atoms with van der Waals surface area (Å²) in [5.41, 5.74) is 0.592. The second-order valence-electron chi connectivity index (χ2n) is 5.95. The minimum absolute atomic E-state index is 0. The predicted molar refractivity (Wildman–Crippen MR) is 77.8 cm³/mol. The third kappa shape index (κ3) is 3.70. The number of nitrogens with one attached hydrogen (secondary N) is 1. The highest BCUT2D eigenvalue weighted by atomic mass is 35.5. The monoisotopic (exact) mass is 286 g/mol. The van der Waals surface area contributed by atoms with E-state index in [0.29, 0.717) is 11.6 Å². The van der Waals surface area contributed by atoms with Crippen molar-refractivity contribution in [2.75, 3.05) is 19.6 Å². The van der Waals surface area contributed by atoms with Crippen LogP contribution in [0.3, 0.4) is 0 Å². The first-order valence-corrected chi connectivity index (χ1v) is 6.46. The molecule has 1 aliphatic rings. The zero-order valence-electron chi connectivity index (χ0n) is 12.0. The van der Waals surface area contributed by atoms with Crippen LogP contribution in [0.1, 0.15) is 38.1 Å². The molecule has 1 aromatic rings. The first-order valence-electron chi connectivity index (χ1n) is 6.46. The fourth-order valence-corrected chi connectivity index (χ4v) is 2.10. The number of carbonyl (C=O) groups excluding carboxylic acids is 1. The molecule has 0 bridgehead atoms. The number of halogens is 1. The summed E-state index contributed by atoms with van der Waals surface area (Å²) < 4.78 is 1.84. The molecule has 1 N–H and O–H groups in total. The number of amides is 1. The van der Waals surface area contributed by atoms with Gasteiger partial charge in [0.05, 0.1) is 17.3 Å². The van der Waals surface area contributed by atoms with E-state index in [9.17, 15) is 4.79 Å². The van der Waals surface area contributed by atoms with E-state index in [2.05, 4.69) is 38.1 Å². The number of rotatable bonds is 1. The molecule has 0 radical (unpaired) electrons. The van der Waals surface area contributed by atoms with Crippen LogP contribution in [0.25, 0.3) is 0 Å². The highest BCUT2D eigenvalue weighted by Crippen LogP contribution is 2.14. The Morgan fingerprint density at radius 2 is 2.16 bits per heavy atom. The van der Waals surface area contributed by atoms with Crippen LogP contribution in [0, 0.1) is 0 Å². The lowest BCUT2D eigenvalue weighted by atomic mass is 10.1. The van der Waals surface area contributed by atoms with Crippen LogP contribution in [-0.2, 0) is 5.54 Å². The van der Waals surface area contributed by atoms with Crippen LogP contribution >= 0.6 is 12.4 Å². The van der Waals surface area contributed by atoms with E-state index in [-0.39, 0.29) is 23.9 Å². The second kappa shape index (κ2) is 5.92. The zero-order chi connectivity index (χ0) is 13.3. The van der Waals surface area contributed by atoms with Crippen molar-refractivity contribution in [1.82, 2.24) is 20.0 Å². The van der Waals surface area contributed by atoms with Crippen molar-refractivity contribution in [2.24, 2.45) is 0 Å². The van der Waals surface area contributed by atoms with Gasteiger partial charge in [-0.2, -0.15) is 5.10 Å². The minimum atomic E-state index is -0.0880. The van der Waals surface area contributed by atoms with E-state index < -0.39 is 0 Å². The summed E-state index contributed by atoms with van der Waals surface area (Å²) in [4.78, 5) is 14.2. The molecule has 2 rings (SSSR count). The maximum atomic E-state index is 12.3. The SMILES string of the molecule is CC1CN(C(=O)c2cnn(C(C)(C)C)c2)CCN1.Cl. The minimum Gasteiger partial charge on any atom is -0.336 e. The summed E-state index contributed by atoms with van der Waals surface area (Å²) in [6.07, 6.45) is 3.51. The van der Waals surface area contributed by atoms with E-state index >= 15 is 0 Å². The van der Waals surface area contributed by atoms with Gasteiger partial charge in [0.1, 0.15) is 0 Å². The summed E-state index contributed by atoms with van der Waals surface area (Å²) in [5.74, 6) is 0.0823. The normalized spacial score (nSPS) is 20.0. The van der Waals surface area contributed by atoms with Crippen molar-refractivity contribution < 1.29 is 4.79 Å². The molecule has 1 amide bonds. The Morgan fingerprint density at radius 3 is 2.68 bits per heavy atom. The number of carbonyl (C=O) groups is 1. The molecule has 1 fully saturated rings. The molecule has 1 saturated heterocycles. The molecule has 1 aliphatic heterocycles. The van der Waals surface area contributed by atoms with Crippen LogP contribution in [0.2, 0.25) is 0 Å². The largest absolute Gasteiger partial charge is 0.336 e. The fraction of sp³-hybridized carbons (Fsp3) is 0.692. The van der Waals surface area contributed by atoms with Crippen molar-refractivity contribution in [2.45, 2.75) is 39.3 Å². The van der Waals surface area contributed by atoms with Gasteiger partial charge in [0.15, 0.2) is 0 Å². The van der Waals surface area contributed by atoms with Gasteiger partial charge >= 0.3 is 0 Å². The molecule has 6 heteroatoms. The van der Waals surface area contributed by atoms with Gasteiger partial charge in [0.2, 0.25) is 0 Å². The molecule has 0 aromatic carbocycles. The Morgan fingerprint density at radius 1 is 1.47 bits per heavy atom. The third-order valence-electron chi connectivity index (χ3n) is 3.17. The Kier molecular flexibility index (Phi) is 4.98. The molecule has 1 atom stereocenters. The highest BCUT2D eigenvalue weighted by Gasteiger charge is 2.24. The molecular formula is C13H23ClN4O. The van der Waals surface area contributed by atoms with Crippen molar-refractivity contribution in [3.8, 4) is 0 Å². The number of piperazine rings is 1. The van der Waals surface area contributed by atoms with Crippen LogP contribution in [0.15, 0.2) is 12.4 Å². The van der Waals surface area contributed by atoms with Gasteiger partial charge in [-0.25, -0.2) is 0 Å². The molecule has 0 aliphatic carbocycles. The van der Waals surface area contributed by atoms with E-state index in [0.717, 1.165) is 19.6 Å². The lowest BCUT2D eigenvalue weighted by Crippen LogP contribution is -2.51. The third-order valence-corrected chi connectivity index (χ3v) is 3.17. The van der Waals surface area contributed by atoms with Gasteiger partial charge in [-0.1, -0.05) is 0 Å². The molecule has 1 aromatic heterocycles. The van der Waals surface area contributed by atoms with Gasteiger partial charge in [0.25, 0.3) is 5.91 Å². The standard InChI is InChI=1S/C13H22N4O.ClH/c1-10-8-16(6-5-14-10)12(18)11-7-15-17(9-11)13(2,3)4;/h7,9-10,14H,5-6,8H2,1-4H3;1H. The maximum Gasteiger partial charge on any atom is 0.257 e. The predicted octanol–water partition coefficient (Wildman–Crippen LogP) is 1.49. The molecular weight excluding hydrogens is 264 g/mol. The molecule has 2 heterocycles. The quantitative estimate of drug-likeness (QED) is 0.851. The van der Waals surface area contributed by atoms with Gasteiger partial charge in [-0.3, -0.25) is 9.48 Å². The van der Waals surface area contributed by atoms with Gasteiger partial charge in [0, 0.05) is 31.9 Å². The van der Waals surface area contributed by atoms with Crippen LogP contribution < -0.4 is 5.32 Å². The van der Waals surface area contributed by atoms with Crippen LogP contribution in [0.5, 0.6) is 0 Å². The lowest BCUT2D eigenvalue weighted by Gasteiger charge is -2.31. The molecule has 1 unspecified atom stereocenters. The summed E-state index contributed by atoms with van der Waals surface area (Å²) in [7, 11) is 0. The maximum absolute atomic E-state index is 12.3. The van der Waals surface area contributed by atoms with E-state index in [4.69, 9.17) is 0 Å². The summed E-state index contributed by atoms with van der Waals surface area (Å²) in [6.45, 7) is 10.7. The van der Waals surface area contributed by atoms with Gasteiger partial charge < -0.3 is 10.2 Å². The number of hydrogen-bond acceptors (Lipinski definition) is 3. The summed E-state index contributed by atoms with van der Waals surface area (Å²) in [6, 6.07) is 0.361. The van der Waals surface area contributed by atoms with Crippen molar-refractivity contribution >= 4 is 18.3 Å². The second-order valence-corrected chi connectivity index (χ2v) is 5.95. The van der Waals surface area contributed by atoms with E-state index in [1.54, 1.807) is 6.20 Å². The Balaban J connectivity index is 0.00000180. The molecule has 19 heavy (non-hydrogen) atoms. The zero-order valence-corrected chi connectivity index (χ0v) is 12.8. The summed E-state index contributed by atoms with van der Waals surface area (Å²) >= 11 is 0. The average molecular weight is 287 g/mol. The van der Waals surface area contributed by atoms with Crippen LogP contribution in [0.4, 0.5) is 0 Å². The number of aromatic nitrogens is 2. The Bertz CT molecular complexity index is 438. The first kappa shape index (κ1) is 16.0. The smallest absolute Gasteiger partial charge is 0.257 e. The molecule has 0 spiro atoms. The Hall–Kier alpha value is -1.07. The molecule has 108 valence electrons. The van der Waals surface area contributed by atoms with Crippen molar-refractivity contribution in [3.63, 3.8) is 0 Å². The van der Waals surface area contributed by atoms with Gasteiger partial charge in [-0.05, 0) is 27.7 Å². The van der Waals surface area contributed by atoms with Crippen molar-refractivity contribution in [3.05, 3.63) is 18.0 Å². The molecule has 5 nitrogen and oxygen atoms in total. The van der Waals surface area contributed by atoms with E-state index in [1.165, 1.54) is 0 Å². The lowest BCUT2D eigenvalue weighted by molar-refractivity contribution is 0.0709. The number of hydrogen-bond donors (Lipinski definition) is 1. The fourth-order valence-electron chi connectivity index (χ4n) is 2.10. The topological polar surface area (TPSA) is 50.2 Å². The molecule has 0 saturated carbocycles. The Labute approximate surface area is 120 Å². The van der Waals surface area contributed by atoms with Gasteiger partial charge in [-0.15, -0.1) is 12.4 Å². The first-order chi connectivity index (χ1) is 8.38. The summed E-state index contributed by atoms with van der Waals surface area (Å²) in [5, 5.41) is 7.61. The van der Waals surface area contributed by atoms with Crippen LogP contribution in [-0.4, -0.2) is 46.3 Å². The number of nitrogens with zero attached hydrogens (tertiary/aromatic N) is 3. The average Bonchev–Trinajstić information content (AvgIpc) is 2.77. The van der Waals surface area contributed by atoms with E-state index in [1.807, 2.05) is 15.8 Å². The highest BCUT2D eigenvalue weighted by molar-refractivity contribution is 5.93. The van der Waals surface area contributed by atoms with Crippen molar-refractivity contribution in [1.29, 1.82) is 0 Å².